The molecule has 0 amide bonds. The van der Waals surface area contributed by atoms with Crippen LogP contribution < -0.4 is 5.73 Å². The lowest BCUT2D eigenvalue weighted by Crippen LogP contribution is -2.33. The number of nitrogens with two attached hydrogens (primary N) is 1. The molecule has 1 aromatic heterocycles. The van der Waals surface area contributed by atoms with Gasteiger partial charge < -0.3 is 10.5 Å². The molecule has 0 aliphatic carbocycles. The number of halogens is 1. The molecule has 1 unspecified atom stereocenters. The summed E-state index contributed by atoms with van der Waals surface area (Å²) in [6.45, 7) is 0. The standard InChI is InChI=1S/C9H11BrN2O2/c1-14-9(13)7(11)5-6-3-2-4-8(10)12-6/h2-4,7H,5,11H2,1H3. The minimum Gasteiger partial charge on any atom is -0.468 e. The van der Waals surface area contributed by atoms with E-state index in [0.717, 1.165) is 10.3 Å². The fraction of sp³-hybridized carbons (Fsp3) is 0.333. The van der Waals surface area contributed by atoms with Gasteiger partial charge in [0.2, 0.25) is 0 Å². The van der Waals surface area contributed by atoms with Gasteiger partial charge in [0.25, 0.3) is 0 Å². The maximum Gasteiger partial charge on any atom is 0.323 e. The molecule has 4 nitrogen and oxygen atoms in total. The smallest absolute Gasteiger partial charge is 0.323 e. The first-order chi connectivity index (χ1) is 6.63. The first kappa shape index (κ1) is 11.1. The van der Waals surface area contributed by atoms with Crippen molar-refractivity contribution in [2.45, 2.75) is 12.5 Å². The lowest BCUT2D eigenvalue weighted by atomic mass is 10.1. The summed E-state index contributed by atoms with van der Waals surface area (Å²) in [5.41, 5.74) is 6.34. The van der Waals surface area contributed by atoms with E-state index in [0.29, 0.717) is 6.42 Å². The van der Waals surface area contributed by atoms with Crippen molar-refractivity contribution < 1.29 is 9.53 Å². The number of rotatable bonds is 3. The number of pyridine rings is 1. The number of carbonyl (C=O) groups excluding carboxylic acids is 1. The van der Waals surface area contributed by atoms with Gasteiger partial charge in [-0.05, 0) is 28.1 Å². The van der Waals surface area contributed by atoms with E-state index in [1.54, 1.807) is 0 Å². The summed E-state index contributed by atoms with van der Waals surface area (Å²) < 4.78 is 5.24. The second-order valence-corrected chi connectivity index (χ2v) is 3.60. The number of carbonyl (C=O) groups is 1. The Morgan fingerprint density at radius 3 is 3.00 bits per heavy atom. The third kappa shape index (κ3) is 3.08. The van der Waals surface area contributed by atoms with E-state index in [-0.39, 0.29) is 0 Å². The molecule has 0 bridgehead atoms. The normalized spacial score (nSPS) is 12.2. The summed E-state index contributed by atoms with van der Waals surface area (Å²) >= 11 is 3.24. The van der Waals surface area contributed by atoms with E-state index < -0.39 is 12.0 Å². The molecule has 0 aliphatic heterocycles. The van der Waals surface area contributed by atoms with Crippen molar-refractivity contribution >= 4 is 21.9 Å². The van der Waals surface area contributed by atoms with Gasteiger partial charge in [-0.15, -0.1) is 0 Å². The summed E-state index contributed by atoms with van der Waals surface area (Å²) in [6, 6.07) is 4.82. The van der Waals surface area contributed by atoms with E-state index in [2.05, 4.69) is 25.7 Å². The zero-order valence-corrected chi connectivity index (χ0v) is 9.32. The highest BCUT2D eigenvalue weighted by Gasteiger charge is 2.14. The predicted molar refractivity (Wildman–Crippen MR) is 55.6 cm³/mol. The first-order valence-corrected chi connectivity index (χ1v) is 4.87. The van der Waals surface area contributed by atoms with Crippen LogP contribution in [-0.2, 0) is 16.0 Å². The zero-order valence-electron chi connectivity index (χ0n) is 7.74. The van der Waals surface area contributed by atoms with Gasteiger partial charge in [-0.25, -0.2) is 4.98 Å². The SMILES string of the molecule is COC(=O)C(N)Cc1cccc(Br)n1. The molecule has 14 heavy (non-hydrogen) atoms. The Hall–Kier alpha value is -0.940. The highest BCUT2D eigenvalue weighted by molar-refractivity contribution is 9.10. The van der Waals surface area contributed by atoms with Crippen molar-refractivity contribution in [2.75, 3.05) is 7.11 Å². The van der Waals surface area contributed by atoms with Crippen molar-refractivity contribution in [1.82, 2.24) is 4.98 Å². The number of nitrogens with zero attached hydrogens (tertiary/aromatic N) is 1. The molecule has 1 rings (SSSR count). The second kappa shape index (κ2) is 5.07. The Morgan fingerprint density at radius 2 is 2.43 bits per heavy atom. The molecule has 2 N–H and O–H groups in total. The van der Waals surface area contributed by atoms with Crippen LogP contribution in [0.1, 0.15) is 5.69 Å². The second-order valence-electron chi connectivity index (χ2n) is 2.79. The molecule has 1 heterocycles. The van der Waals surface area contributed by atoms with Gasteiger partial charge in [0.15, 0.2) is 0 Å². The van der Waals surface area contributed by atoms with E-state index in [9.17, 15) is 4.79 Å². The topological polar surface area (TPSA) is 65.2 Å². The molecule has 0 fully saturated rings. The molecule has 76 valence electrons. The van der Waals surface area contributed by atoms with Gasteiger partial charge in [-0.3, -0.25) is 4.79 Å². The molecule has 1 aromatic rings. The lowest BCUT2D eigenvalue weighted by Gasteiger charge is -2.08. The number of aromatic nitrogens is 1. The molecule has 0 radical (unpaired) electrons. The first-order valence-electron chi connectivity index (χ1n) is 4.08. The quantitative estimate of drug-likeness (QED) is 0.646. The number of hydrogen-bond acceptors (Lipinski definition) is 4. The van der Waals surface area contributed by atoms with Gasteiger partial charge >= 0.3 is 5.97 Å². The van der Waals surface area contributed by atoms with Crippen LogP contribution in [0.15, 0.2) is 22.8 Å². The highest BCUT2D eigenvalue weighted by atomic mass is 79.9. The average Bonchev–Trinajstić information content (AvgIpc) is 2.16. The van der Waals surface area contributed by atoms with Gasteiger partial charge in [-0.2, -0.15) is 0 Å². The monoisotopic (exact) mass is 258 g/mol. The zero-order chi connectivity index (χ0) is 10.6. The Balaban J connectivity index is 2.64. The highest BCUT2D eigenvalue weighted by Crippen LogP contribution is 2.07. The van der Waals surface area contributed by atoms with Crippen molar-refractivity contribution in [3.8, 4) is 0 Å². The molecule has 0 aliphatic rings. The Kier molecular flexibility index (Phi) is 4.03. The maximum absolute atomic E-state index is 11.0. The Labute approximate surface area is 90.6 Å². The van der Waals surface area contributed by atoms with Gasteiger partial charge in [0.05, 0.1) is 7.11 Å². The minimum atomic E-state index is -0.651. The van der Waals surface area contributed by atoms with E-state index in [1.807, 2.05) is 18.2 Å². The van der Waals surface area contributed by atoms with Crippen LogP contribution in [0.5, 0.6) is 0 Å². The molecular weight excluding hydrogens is 248 g/mol. The molecule has 5 heteroatoms. The van der Waals surface area contributed by atoms with Crippen molar-refractivity contribution in [3.05, 3.63) is 28.5 Å². The van der Waals surface area contributed by atoms with Crippen LogP contribution in [-0.4, -0.2) is 24.1 Å². The Bertz CT molecular complexity index is 330. The summed E-state index contributed by atoms with van der Waals surface area (Å²) in [5.74, 6) is -0.424. The molecular formula is C9H11BrN2O2. The molecule has 0 spiro atoms. The summed E-state index contributed by atoms with van der Waals surface area (Å²) in [4.78, 5) is 15.2. The maximum atomic E-state index is 11.0. The van der Waals surface area contributed by atoms with Gasteiger partial charge in [0, 0.05) is 12.1 Å². The van der Waals surface area contributed by atoms with Gasteiger partial charge in [0.1, 0.15) is 10.6 Å². The van der Waals surface area contributed by atoms with E-state index in [4.69, 9.17) is 5.73 Å². The van der Waals surface area contributed by atoms with Crippen LogP contribution in [0.25, 0.3) is 0 Å². The summed E-state index contributed by atoms with van der Waals surface area (Å²) in [5, 5.41) is 0. The number of esters is 1. The lowest BCUT2D eigenvalue weighted by molar-refractivity contribution is -0.142. The summed E-state index contributed by atoms with van der Waals surface area (Å²) in [7, 11) is 1.32. The van der Waals surface area contributed by atoms with Crippen LogP contribution in [0.4, 0.5) is 0 Å². The third-order valence-corrected chi connectivity index (χ3v) is 2.15. The van der Waals surface area contributed by atoms with Crippen LogP contribution in [0, 0.1) is 0 Å². The third-order valence-electron chi connectivity index (χ3n) is 1.71. The molecule has 0 saturated heterocycles. The van der Waals surface area contributed by atoms with Crippen molar-refractivity contribution in [1.29, 1.82) is 0 Å². The van der Waals surface area contributed by atoms with Crippen LogP contribution in [0.3, 0.4) is 0 Å². The summed E-state index contributed by atoms with van der Waals surface area (Å²) in [6.07, 6.45) is 0.381. The van der Waals surface area contributed by atoms with E-state index >= 15 is 0 Å². The molecule has 0 saturated carbocycles. The molecule has 0 aromatic carbocycles. The van der Waals surface area contributed by atoms with Crippen molar-refractivity contribution in [3.63, 3.8) is 0 Å². The Morgan fingerprint density at radius 1 is 1.71 bits per heavy atom. The fourth-order valence-corrected chi connectivity index (χ4v) is 1.40. The van der Waals surface area contributed by atoms with E-state index in [1.165, 1.54) is 7.11 Å². The van der Waals surface area contributed by atoms with Crippen LogP contribution >= 0.6 is 15.9 Å². The predicted octanol–water partition coefficient (Wildman–Crippen LogP) is 0.887. The average molecular weight is 259 g/mol. The number of hydrogen-bond donors (Lipinski definition) is 1. The van der Waals surface area contributed by atoms with Gasteiger partial charge in [-0.1, -0.05) is 6.07 Å². The molecule has 1 atom stereocenters. The fourth-order valence-electron chi connectivity index (χ4n) is 1.02. The largest absolute Gasteiger partial charge is 0.468 e. The minimum absolute atomic E-state index is 0.381. The van der Waals surface area contributed by atoms with Crippen LogP contribution in [0.2, 0.25) is 0 Å². The van der Waals surface area contributed by atoms with Crippen molar-refractivity contribution in [2.24, 2.45) is 5.73 Å². The number of methoxy groups -OCH3 is 1. The number of ether oxygens (including phenoxy) is 1.